The molecule has 0 aromatic heterocycles. The highest BCUT2D eigenvalue weighted by atomic mass is 16.1. The molecule has 99 valence electrons. The average Bonchev–Trinajstić information content (AvgIpc) is 2.35. The van der Waals surface area contributed by atoms with Gasteiger partial charge in [0.1, 0.15) is 0 Å². The fourth-order valence-electron chi connectivity index (χ4n) is 1.93. The van der Waals surface area contributed by atoms with E-state index >= 15 is 0 Å². The zero-order valence-corrected chi connectivity index (χ0v) is 11.7. The van der Waals surface area contributed by atoms with Gasteiger partial charge in [-0.15, -0.1) is 0 Å². The molecule has 1 aromatic rings. The number of carbonyl (C=O) groups excluding carboxylic acids is 1. The first-order valence-corrected chi connectivity index (χ1v) is 6.70. The van der Waals surface area contributed by atoms with Gasteiger partial charge in [-0.25, -0.2) is 0 Å². The molecule has 0 aliphatic heterocycles. The molecule has 0 saturated carbocycles. The van der Waals surface area contributed by atoms with Gasteiger partial charge < -0.3 is 5.32 Å². The van der Waals surface area contributed by atoms with Gasteiger partial charge >= 0.3 is 0 Å². The highest BCUT2D eigenvalue weighted by Crippen LogP contribution is 2.17. The number of nitrogens with one attached hydrogen (secondary N) is 1. The van der Waals surface area contributed by atoms with Crippen molar-refractivity contribution in [2.24, 2.45) is 5.92 Å². The van der Waals surface area contributed by atoms with Crippen LogP contribution in [-0.4, -0.2) is 12.5 Å². The number of benzene rings is 1. The molecule has 0 spiro atoms. The summed E-state index contributed by atoms with van der Waals surface area (Å²) in [5.74, 6) is 0.647. The van der Waals surface area contributed by atoms with Crippen molar-refractivity contribution in [1.29, 1.82) is 0 Å². The van der Waals surface area contributed by atoms with E-state index in [1.165, 1.54) is 5.56 Å². The third kappa shape index (κ3) is 4.52. The van der Waals surface area contributed by atoms with E-state index in [1.807, 2.05) is 6.92 Å². The minimum absolute atomic E-state index is 0.0789. The molecule has 0 bridgehead atoms. The lowest BCUT2D eigenvalue weighted by Gasteiger charge is -2.13. The van der Waals surface area contributed by atoms with Crippen molar-refractivity contribution in [1.82, 2.24) is 5.32 Å². The molecule has 0 aliphatic rings. The average molecular weight is 246 g/mol. The Kier molecular flexibility index (Phi) is 5.90. The van der Waals surface area contributed by atoms with Gasteiger partial charge in [-0.05, 0) is 36.8 Å². The Hall–Kier alpha value is -1.31. The van der Waals surface area contributed by atoms with E-state index in [4.69, 9.17) is 0 Å². The van der Waals surface area contributed by atoms with Gasteiger partial charge in [0.05, 0.1) is 5.92 Å². The zero-order chi connectivity index (χ0) is 13.5. The second-order valence-corrected chi connectivity index (χ2v) is 5.21. The molecule has 0 fully saturated rings. The number of carbonyl (C=O) groups is 1. The van der Waals surface area contributed by atoms with Crippen molar-refractivity contribution in [3.63, 3.8) is 0 Å². The summed E-state index contributed by atoms with van der Waals surface area (Å²) < 4.78 is 0. The van der Waals surface area contributed by atoms with Crippen LogP contribution in [0.15, 0.2) is 24.3 Å². The summed E-state index contributed by atoms with van der Waals surface area (Å²) in [6.07, 6.45) is 1.81. The van der Waals surface area contributed by atoms with Gasteiger partial charge in [0.25, 0.3) is 0 Å². The van der Waals surface area contributed by atoms with Crippen LogP contribution in [0.2, 0.25) is 0 Å². The summed E-state index contributed by atoms with van der Waals surface area (Å²) >= 11 is 0. The normalized spacial score (nSPS) is 12.5. The molecule has 0 saturated heterocycles. The summed E-state index contributed by atoms with van der Waals surface area (Å²) in [7, 11) is 0. The van der Waals surface area contributed by atoms with Gasteiger partial charge in [-0.3, -0.25) is 4.79 Å². The maximum atomic E-state index is 11.8. The van der Waals surface area contributed by atoms with Crippen molar-refractivity contribution >= 4 is 5.91 Å². The van der Waals surface area contributed by atoms with Crippen LogP contribution >= 0.6 is 0 Å². The highest BCUT2D eigenvalue weighted by Gasteiger charge is 2.14. The summed E-state index contributed by atoms with van der Waals surface area (Å²) in [5.41, 5.74) is 2.41. The molecule has 0 aliphatic carbocycles. The van der Waals surface area contributed by atoms with Crippen molar-refractivity contribution in [2.45, 2.75) is 39.5 Å². The van der Waals surface area contributed by atoms with Crippen LogP contribution < -0.4 is 5.32 Å². The predicted octanol–water partition coefficient (Wildman–Crippen LogP) is 3.33. The van der Waals surface area contributed by atoms with Crippen molar-refractivity contribution in [2.75, 3.05) is 6.54 Å². The quantitative estimate of drug-likeness (QED) is 0.819. The number of amides is 1. The first kappa shape index (κ1) is 14.7. The molecule has 2 nitrogen and oxygen atoms in total. The predicted molar refractivity (Wildman–Crippen MR) is 76.4 cm³/mol. The third-order valence-corrected chi connectivity index (χ3v) is 2.99. The molecule has 1 N–H and O–H groups in total. The van der Waals surface area contributed by atoms with Gasteiger partial charge in [0.15, 0.2) is 0 Å². The molecule has 0 heterocycles. The van der Waals surface area contributed by atoms with Crippen LogP contribution in [0.1, 0.15) is 44.2 Å². The molecule has 1 radical (unpaired) electrons. The van der Waals surface area contributed by atoms with Gasteiger partial charge in [0, 0.05) is 6.54 Å². The Balaban J connectivity index is 2.63. The second-order valence-electron chi connectivity index (χ2n) is 5.21. The van der Waals surface area contributed by atoms with Crippen molar-refractivity contribution in [3.8, 4) is 0 Å². The van der Waals surface area contributed by atoms with Crippen LogP contribution in [0.4, 0.5) is 0 Å². The molecule has 18 heavy (non-hydrogen) atoms. The Morgan fingerprint density at radius 3 is 2.33 bits per heavy atom. The first-order valence-electron chi connectivity index (χ1n) is 6.70. The van der Waals surface area contributed by atoms with Crippen molar-refractivity contribution < 1.29 is 4.79 Å². The van der Waals surface area contributed by atoms with E-state index in [0.717, 1.165) is 18.4 Å². The van der Waals surface area contributed by atoms with E-state index in [9.17, 15) is 4.79 Å². The summed E-state index contributed by atoms with van der Waals surface area (Å²) in [4.78, 5) is 11.8. The fraction of sp³-hybridized carbons (Fsp3) is 0.500. The smallest absolute Gasteiger partial charge is 0.227 e. The third-order valence-electron chi connectivity index (χ3n) is 2.99. The molecule has 1 aromatic carbocycles. The maximum Gasteiger partial charge on any atom is 0.227 e. The SMILES string of the molecule is [CH2]CCNC(=O)C(C)c1ccc(CC(C)C)cc1. The van der Waals surface area contributed by atoms with Crippen LogP contribution in [0.3, 0.4) is 0 Å². The van der Waals surface area contributed by atoms with E-state index in [2.05, 4.69) is 50.4 Å². The second kappa shape index (κ2) is 7.20. The molecule has 1 rings (SSSR count). The molecular formula is C16H24NO. The van der Waals surface area contributed by atoms with E-state index in [-0.39, 0.29) is 11.8 Å². The van der Waals surface area contributed by atoms with Crippen LogP contribution in [-0.2, 0) is 11.2 Å². The minimum atomic E-state index is -0.0929. The first-order chi connectivity index (χ1) is 8.54. The molecule has 1 amide bonds. The molecular weight excluding hydrogens is 222 g/mol. The van der Waals surface area contributed by atoms with Gasteiger partial charge in [-0.2, -0.15) is 0 Å². The Bertz CT molecular complexity index is 367. The standard InChI is InChI=1S/C16H24NO/c1-5-10-17-16(18)13(4)15-8-6-14(7-9-15)11-12(2)3/h6-9,12-13H,1,5,10-11H2,2-4H3,(H,17,18). The summed E-state index contributed by atoms with van der Waals surface area (Å²) in [6, 6.07) is 8.37. The van der Waals surface area contributed by atoms with Crippen molar-refractivity contribution in [3.05, 3.63) is 42.3 Å². The van der Waals surface area contributed by atoms with E-state index in [1.54, 1.807) is 0 Å². The largest absolute Gasteiger partial charge is 0.356 e. The number of rotatable bonds is 6. The molecule has 1 atom stereocenters. The van der Waals surface area contributed by atoms with Crippen LogP contribution in [0.5, 0.6) is 0 Å². The highest BCUT2D eigenvalue weighted by molar-refractivity contribution is 5.83. The van der Waals surface area contributed by atoms with E-state index < -0.39 is 0 Å². The Morgan fingerprint density at radius 1 is 1.22 bits per heavy atom. The van der Waals surface area contributed by atoms with Crippen LogP contribution in [0, 0.1) is 12.8 Å². The monoisotopic (exact) mass is 246 g/mol. The lowest BCUT2D eigenvalue weighted by Crippen LogP contribution is -2.28. The topological polar surface area (TPSA) is 29.1 Å². The van der Waals surface area contributed by atoms with Gasteiger partial charge in [-0.1, -0.05) is 45.0 Å². The lowest BCUT2D eigenvalue weighted by atomic mass is 9.96. The number of hydrogen-bond acceptors (Lipinski definition) is 1. The minimum Gasteiger partial charge on any atom is -0.356 e. The number of hydrogen-bond donors (Lipinski definition) is 1. The molecule has 2 heteroatoms. The fourth-order valence-corrected chi connectivity index (χ4v) is 1.93. The Labute approximate surface area is 111 Å². The van der Waals surface area contributed by atoms with E-state index in [0.29, 0.717) is 12.5 Å². The molecule has 1 unspecified atom stereocenters. The lowest BCUT2D eigenvalue weighted by molar-refractivity contribution is -0.122. The summed E-state index contributed by atoms with van der Waals surface area (Å²) in [5, 5.41) is 2.88. The van der Waals surface area contributed by atoms with Crippen LogP contribution in [0.25, 0.3) is 0 Å². The maximum absolute atomic E-state index is 11.8. The van der Waals surface area contributed by atoms with Gasteiger partial charge in [0.2, 0.25) is 5.91 Å². The Morgan fingerprint density at radius 2 is 1.83 bits per heavy atom. The zero-order valence-electron chi connectivity index (χ0n) is 11.7. The summed E-state index contributed by atoms with van der Waals surface area (Å²) in [6.45, 7) is 10.7.